The quantitative estimate of drug-likeness (QED) is 0.499. The van der Waals surface area contributed by atoms with E-state index in [-0.39, 0.29) is 17.7 Å². The first-order valence-electron chi connectivity index (χ1n) is 5.72. The fourth-order valence-electron chi connectivity index (χ4n) is 1.68. The van der Waals surface area contributed by atoms with Gasteiger partial charge in [-0.25, -0.2) is 0 Å². The maximum Gasteiger partial charge on any atom is 0.344 e. The summed E-state index contributed by atoms with van der Waals surface area (Å²) in [7, 11) is 0. The Morgan fingerprint density at radius 1 is 1.56 bits per heavy atom. The number of carbonyl (C=O) groups is 1. The average molecular weight is 247 g/mol. The molecule has 0 aromatic heterocycles. The number of phenolic OH excluding ortho intramolecular Hbond substituents is 1. The molecule has 5 nitrogen and oxygen atoms in total. The highest BCUT2D eigenvalue weighted by Crippen LogP contribution is 2.18. The summed E-state index contributed by atoms with van der Waals surface area (Å²) < 4.78 is 0. The molecule has 5 heteroatoms. The molecule has 0 aliphatic rings. The van der Waals surface area contributed by atoms with Gasteiger partial charge in [0, 0.05) is 12.6 Å². The summed E-state index contributed by atoms with van der Waals surface area (Å²) in [5, 5.41) is 9.34. The Hall–Kier alpha value is -2.13. The summed E-state index contributed by atoms with van der Waals surface area (Å²) in [5.41, 5.74) is 10.3. The number of benzene rings is 1. The highest BCUT2D eigenvalue weighted by Gasteiger charge is 2.19. The highest BCUT2D eigenvalue weighted by molar-refractivity contribution is 6.23. The predicted molar refractivity (Wildman–Crippen MR) is 68.2 cm³/mol. The minimum atomic E-state index is -0.347. The van der Waals surface area contributed by atoms with Crippen LogP contribution in [-0.2, 0) is 11.3 Å². The monoisotopic (exact) mass is 247 g/mol. The second kappa shape index (κ2) is 5.98. The van der Waals surface area contributed by atoms with Crippen LogP contribution in [0.2, 0.25) is 0 Å². The third kappa shape index (κ3) is 3.43. The summed E-state index contributed by atoms with van der Waals surface area (Å²) in [4.78, 5) is 16.1. The molecule has 1 aromatic rings. The number of phenols is 1. The van der Waals surface area contributed by atoms with E-state index in [1.807, 2.05) is 20.8 Å². The highest BCUT2D eigenvalue weighted by atomic mass is 16.3. The lowest BCUT2D eigenvalue weighted by Crippen LogP contribution is -2.37. The standard InChI is InChI=1S/C13H17N3O2/c1-9(2)16(13(18)7-15-14)8-11-4-5-12(17)6-10(11)3/h4-7,9,17H,8H2,1-3H3. The van der Waals surface area contributed by atoms with Gasteiger partial charge in [-0.3, -0.25) is 4.79 Å². The molecule has 0 atom stereocenters. The number of rotatable bonds is 4. The number of hydrogen-bond donors (Lipinski definition) is 1. The first kappa shape index (κ1) is 13.9. The van der Waals surface area contributed by atoms with Gasteiger partial charge in [-0.15, -0.1) is 0 Å². The van der Waals surface area contributed by atoms with Crippen LogP contribution < -0.4 is 0 Å². The topological polar surface area (TPSA) is 76.9 Å². The molecule has 0 aliphatic carbocycles. The number of aromatic hydroxyl groups is 1. The van der Waals surface area contributed by atoms with Crippen molar-refractivity contribution in [3.8, 4) is 5.75 Å². The molecular formula is C13H17N3O2. The van der Waals surface area contributed by atoms with Gasteiger partial charge >= 0.3 is 12.1 Å². The van der Waals surface area contributed by atoms with Crippen molar-refractivity contribution in [2.45, 2.75) is 33.4 Å². The van der Waals surface area contributed by atoms with Crippen molar-refractivity contribution < 1.29 is 14.7 Å². The van der Waals surface area contributed by atoms with Crippen molar-refractivity contribution in [1.82, 2.24) is 4.90 Å². The molecule has 1 aromatic carbocycles. The van der Waals surface area contributed by atoms with E-state index in [1.165, 1.54) is 0 Å². The first-order valence-corrected chi connectivity index (χ1v) is 5.72. The molecule has 1 amide bonds. The van der Waals surface area contributed by atoms with Crippen LogP contribution in [0.4, 0.5) is 0 Å². The Morgan fingerprint density at radius 2 is 2.22 bits per heavy atom. The third-order valence-corrected chi connectivity index (χ3v) is 2.74. The van der Waals surface area contributed by atoms with Crippen LogP contribution in [0, 0.1) is 6.92 Å². The number of aryl methyl sites for hydroxylation is 1. The Labute approximate surface area is 106 Å². The van der Waals surface area contributed by atoms with Crippen LogP contribution in [0.15, 0.2) is 18.2 Å². The second-order valence-electron chi connectivity index (χ2n) is 4.42. The molecule has 0 heterocycles. The van der Waals surface area contributed by atoms with Crippen molar-refractivity contribution in [1.29, 1.82) is 0 Å². The molecule has 0 saturated carbocycles. The summed E-state index contributed by atoms with van der Waals surface area (Å²) in [5.74, 6) is -0.143. The van der Waals surface area contributed by atoms with E-state index in [0.29, 0.717) is 6.54 Å². The van der Waals surface area contributed by atoms with Crippen LogP contribution in [0.25, 0.3) is 5.53 Å². The SMILES string of the molecule is Cc1cc(O)ccc1CN(C(=O)C=[N+]=[N-])C(C)C. The van der Waals surface area contributed by atoms with Crippen molar-refractivity contribution in [2.24, 2.45) is 0 Å². The maximum absolute atomic E-state index is 11.7. The number of carbonyl (C=O) groups excluding carboxylic acids is 1. The zero-order valence-electron chi connectivity index (χ0n) is 10.8. The van der Waals surface area contributed by atoms with Gasteiger partial charge in [0.05, 0.1) is 0 Å². The van der Waals surface area contributed by atoms with Gasteiger partial charge < -0.3 is 15.5 Å². The molecule has 96 valence electrons. The van der Waals surface area contributed by atoms with Gasteiger partial charge in [0.15, 0.2) is 0 Å². The summed E-state index contributed by atoms with van der Waals surface area (Å²) in [6.45, 7) is 6.06. The van der Waals surface area contributed by atoms with E-state index in [0.717, 1.165) is 17.3 Å². The van der Waals surface area contributed by atoms with E-state index < -0.39 is 0 Å². The zero-order valence-corrected chi connectivity index (χ0v) is 10.8. The summed E-state index contributed by atoms with van der Waals surface area (Å²) >= 11 is 0. The van der Waals surface area contributed by atoms with Crippen LogP contribution >= 0.6 is 0 Å². The van der Waals surface area contributed by atoms with Crippen LogP contribution in [0.5, 0.6) is 5.75 Å². The molecule has 0 aliphatic heterocycles. The van der Waals surface area contributed by atoms with Gasteiger partial charge in [0.1, 0.15) is 5.75 Å². The Morgan fingerprint density at radius 3 is 2.72 bits per heavy atom. The Bertz CT molecular complexity index is 491. The predicted octanol–water partition coefficient (Wildman–Crippen LogP) is 1.74. The fourth-order valence-corrected chi connectivity index (χ4v) is 1.68. The normalized spacial score (nSPS) is 10.0. The molecule has 0 radical (unpaired) electrons. The minimum Gasteiger partial charge on any atom is -0.508 e. The van der Waals surface area contributed by atoms with Crippen molar-refractivity contribution in [3.05, 3.63) is 34.9 Å². The molecular weight excluding hydrogens is 230 g/mol. The third-order valence-electron chi connectivity index (χ3n) is 2.74. The van der Waals surface area contributed by atoms with Gasteiger partial charge in [-0.1, -0.05) is 6.07 Å². The molecule has 0 unspecified atom stereocenters. The lowest BCUT2D eigenvalue weighted by molar-refractivity contribution is -0.129. The van der Waals surface area contributed by atoms with Gasteiger partial charge in [-0.05, 0) is 44.0 Å². The zero-order chi connectivity index (χ0) is 13.7. The van der Waals surface area contributed by atoms with Crippen LogP contribution in [0.3, 0.4) is 0 Å². The number of hydrogen-bond acceptors (Lipinski definition) is 2. The number of nitrogens with zero attached hydrogens (tertiary/aromatic N) is 3. The molecule has 1 rings (SSSR count). The van der Waals surface area contributed by atoms with E-state index >= 15 is 0 Å². The van der Waals surface area contributed by atoms with Crippen molar-refractivity contribution >= 4 is 12.1 Å². The second-order valence-corrected chi connectivity index (χ2v) is 4.42. The summed E-state index contributed by atoms with van der Waals surface area (Å²) in [6.07, 6.45) is 0.885. The lowest BCUT2D eigenvalue weighted by Gasteiger charge is -2.24. The maximum atomic E-state index is 11.7. The molecule has 0 saturated heterocycles. The summed E-state index contributed by atoms with van der Waals surface area (Å²) in [6, 6.07) is 5.01. The van der Waals surface area contributed by atoms with E-state index in [4.69, 9.17) is 5.53 Å². The van der Waals surface area contributed by atoms with Gasteiger partial charge in [0.2, 0.25) is 0 Å². The Kier molecular flexibility index (Phi) is 4.63. The van der Waals surface area contributed by atoms with Crippen molar-refractivity contribution in [3.63, 3.8) is 0 Å². The fraction of sp³-hybridized carbons (Fsp3) is 0.385. The average Bonchev–Trinajstić information content (AvgIpc) is 2.27. The smallest absolute Gasteiger partial charge is 0.344 e. The molecule has 1 N–H and O–H groups in total. The van der Waals surface area contributed by atoms with E-state index in [9.17, 15) is 9.90 Å². The first-order chi connectivity index (χ1) is 8.45. The Balaban J connectivity index is 2.96. The van der Waals surface area contributed by atoms with Crippen LogP contribution in [0.1, 0.15) is 25.0 Å². The number of amides is 1. The van der Waals surface area contributed by atoms with E-state index in [2.05, 4.69) is 4.79 Å². The minimum absolute atomic E-state index is 0.0105. The van der Waals surface area contributed by atoms with E-state index in [1.54, 1.807) is 23.1 Å². The molecule has 18 heavy (non-hydrogen) atoms. The van der Waals surface area contributed by atoms with Gasteiger partial charge in [0.25, 0.3) is 0 Å². The molecule has 0 fully saturated rings. The van der Waals surface area contributed by atoms with Gasteiger partial charge in [-0.2, -0.15) is 4.79 Å². The van der Waals surface area contributed by atoms with Crippen molar-refractivity contribution in [2.75, 3.05) is 0 Å². The molecule has 0 bridgehead atoms. The van der Waals surface area contributed by atoms with Crippen LogP contribution in [-0.4, -0.2) is 33.0 Å². The lowest BCUT2D eigenvalue weighted by atomic mass is 10.1. The largest absolute Gasteiger partial charge is 0.508 e. The molecule has 0 spiro atoms.